The number of nitrogens with zero attached hydrogens (tertiary/aromatic N) is 3. The molecule has 1 unspecified atom stereocenters. The minimum absolute atomic E-state index is 0.0547. The van der Waals surface area contributed by atoms with E-state index in [1.807, 2.05) is 60.4 Å². The Balaban J connectivity index is 1.48. The van der Waals surface area contributed by atoms with Crippen LogP contribution < -0.4 is 4.74 Å². The summed E-state index contributed by atoms with van der Waals surface area (Å²) in [5, 5.41) is 16.7. The van der Waals surface area contributed by atoms with Gasteiger partial charge in [-0.05, 0) is 43.0 Å². The van der Waals surface area contributed by atoms with Crippen molar-refractivity contribution in [2.75, 3.05) is 26.2 Å². The summed E-state index contributed by atoms with van der Waals surface area (Å²) in [6.45, 7) is 3.37. The number of hydrogen-bond donors (Lipinski definition) is 1. The summed E-state index contributed by atoms with van der Waals surface area (Å²) in [7, 11) is 0. The third-order valence-electron chi connectivity index (χ3n) is 5.52. The van der Waals surface area contributed by atoms with Gasteiger partial charge >= 0.3 is 0 Å². The Morgan fingerprint density at radius 3 is 2.73 bits per heavy atom. The number of ether oxygens (including phenoxy) is 1. The average Bonchev–Trinajstić information content (AvgIpc) is 3.20. The Hall–Kier alpha value is -2.51. The van der Waals surface area contributed by atoms with Gasteiger partial charge in [-0.25, -0.2) is 8.78 Å². The number of benzene rings is 2. The molecule has 2 aromatic carbocycles. The molecule has 1 N–H and O–H groups in total. The lowest BCUT2D eigenvalue weighted by atomic mass is 10.00. The first kappa shape index (κ1) is 20.8. The second-order valence-corrected chi connectivity index (χ2v) is 7.90. The predicted octanol–water partition coefficient (Wildman–Crippen LogP) is 4.19. The number of aryl methyl sites for hydroxylation is 1. The van der Waals surface area contributed by atoms with E-state index >= 15 is 0 Å². The second-order valence-electron chi connectivity index (χ2n) is 7.90. The highest BCUT2D eigenvalue weighted by Crippen LogP contribution is 2.34. The molecule has 0 saturated carbocycles. The van der Waals surface area contributed by atoms with Crippen molar-refractivity contribution in [1.82, 2.24) is 14.7 Å². The van der Waals surface area contributed by atoms with Gasteiger partial charge in [0.15, 0.2) is 0 Å². The van der Waals surface area contributed by atoms with Crippen LogP contribution in [-0.4, -0.2) is 58.1 Å². The first-order valence-corrected chi connectivity index (χ1v) is 10.4. The normalized spacial score (nSPS) is 17.9. The maximum atomic E-state index is 13.6. The van der Waals surface area contributed by atoms with E-state index in [0.717, 1.165) is 28.4 Å². The summed E-state index contributed by atoms with van der Waals surface area (Å²) in [4.78, 5) is 1.62. The quantitative estimate of drug-likeness (QED) is 0.629. The molecule has 4 rings (SSSR count). The van der Waals surface area contributed by atoms with Crippen molar-refractivity contribution in [3.63, 3.8) is 0 Å². The zero-order valence-corrected chi connectivity index (χ0v) is 17.1. The fraction of sp³-hybridized carbons (Fsp3) is 0.435. The molecule has 0 bridgehead atoms. The molecule has 1 aromatic heterocycles. The van der Waals surface area contributed by atoms with Crippen molar-refractivity contribution in [2.45, 2.75) is 38.3 Å². The lowest BCUT2D eigenvalue weighted by Crippen LogP contribution is -2.46. The Kier molecular flexibility index (Phi) is 6.01. The number of piperidine rings is 1. The molecule has 30 heavy (non-hydrogen) atoms. The second kappa shape index (κ2) is 8.70. The van der Waals surface area contributed by atoms with Crippen molar-refractivity contribution in [3.05, 3.63) is 48.8 Å². The summed E-state index contributed by atoms with van der Waals surface area (Å²) in [6, 6.07) is 11.8. The Bertz CT molecular complexity index is 1010. The molecular weight excluding hydrogens is 388 g/mol. The van der Waals surface area contributed by atoms with Gasteiger partial charge in [0.25, 0.3) is 5.92 Å². The first-order valence-electron chi connectivity index (χ1n) is 10.4. The van der Waals surface area contributed by atoms with E-state index in [4.69, 9.17) is 4.74 Å². The third-order valence-corrected chi connectivity index (χ3v) is 5.52. The average molecular weight is 415 g/mol. The van der Waals surface area contributed by atoms with Gasteiger partial charge in [-0.15, -0.1) is 0 Å². The van der Waals surface area contributed by atoms with Gasteiger partial charge < -0.3 is 9.84 Å². The van der Waals surface area contributed by atoms with Gasteiger partial charge in [0, 0.05) is 36.7 Å². The van der Waals surface area contributed by atoms with Crippen LogP contribution in [0, 0.1) is 0 Å². The molecule has 1 saturated heterocycles. The van der Waals surface area contributed by atoms with E-state index < -0.39 is 12.0 Å². The number of likely N-dealkylation sites (tertiary alicyclic amines) is 1. The third kappa shape index (κ3) is 4.63. The monoisotopic (exact) mass is 415 g/mol. The van der Waals surface area contributed by atoms with E-state index in [9.17, 15) is 13.9 Å². The van der Waals surface area contributed by atoms with Crippen LogP contribution in [0.25, 0.3) is 21.9 Å². The van der Waals surface area contributed by atoms with E-state index in [1.54, 1.807) is 4.90 Å². The van der Waals surface area contributed by atoms with E-state index in [-0.39, 0.29) is 26.1 Å². The van der Waals surface area contributed by atoms with Crippen molar-refractivity contribution in [1.29, 1.82) is 0 Å². The predicted molar refractivity (Wildman–Crippen MR) is 113 cm³/mol. The molecule has 0 amide bonds. The highest BCUT2D eigenvalue weighted by molar-refractivity contribution is 5.99. The summed E-state index contributed by atoms with van der Waals surface area (Å²) >= 11 is 0. The minimum Gasteiger partial charge on any atom is -0.490 e. The van der Waals surface area contributed by atoms with Gasteiger partial charge in [0.05, 0.1) is 12.7 Å². The summed E-state index contributed by atoms with van der Waals surface area (Å²) in [6.07, 6.45) is 3.40. The summed E-state index contributed by atoms with van der Waals surface area (Å²) in [5.74, 6) is -2.00. The number of aromatic nitrogens is 2. The van der Waals surface area contributed by atoms with Crippen LogP contribution in [0.15, 0.2) is 48.8 Å². The topological polar surface area (TPSA) is 50.5 Å². The fourth-order valence-electron chi connectivity index (χ4n) is 4.06. The smallest absolute Gasteiger partial charge is 0.260 e. The van der Waals surface area contributed by atoms with E-state index in [2.05, 4.69) is 5.10 Å². The maximum Gasteiger partial charge on any atom is 0.260 e. The molecule has 160 valence electrons. The minimum atomic E-state index is -2.67. The molecule has 3 aromatic rings. The number of rotatable bonds is 7. The molecule has 1 aliphatic heterocycles. The van der Waals surface area contributed by atoms with Crippen LogP contribution in [0.3, 0.4) is 0 Å². The number of halogens is 2. The van der Waals surface area contributed by atoms with Crippen molar-refractivity contribution in [3.8, 4) is 16.9 Å². The Labute approximate surface area is 174 Å². The molecule has 0 radical (unpaired) electrons. The summed E-state index contributed by atoms with van der Waals surface area (Å²) < 4.78 is 34.9. The fourth-order valence-corrected chi connectivity index (χ4v) is 4.06. The SMILES string of the molecule is CCn1cc(-c2ccc(OCC(O)CN3CCCC(F)(F)C3)c3ccccc23)cn1. The van der Waals surface area contributed by atoms with Gasteiger partial charge in [-0.1, -0.05) is 24.3 Å². The van der Waals surface area contributed by atoms with Crippen LogP contribution in [0.5, 0.6) is 5.75 Å². The van der Waals surface area contributed by atoms with E-state index in [1.165, 1.54) is 0 Å². The van der Waals surface area contributed by atoms with Gasteiger partial charge in [0.2, 0.25) is 0 Å². The molecule has 5 nitrogen and oxygen atoms in total. The lowest BCUT2D eigenvalue weighted by molar-refractivity contribution is -0.0736. The van der Waals surface area contributed by atoms with Crippen LogP contribution in [0.4, 0.5) is 8.78 Å². The van der Waals surface area contributed by atoms with Crippen molar-refractivity contribution >= 4 is 10.8 Å². The van der Waals surface area contributed by atoms with Gasteiger partial charge in [0.1, 0.15) is 18.5 Å². The molecule has 1 fully saturated rings. The first-order chi connectivity index (χ1) is 14.4. The zero-order valence-electron chi connectivity index (χ0n) is 17.1. The molecule has 0 aliphatic carbocycles. The van der Waals surface area contributed by atoms with Crippen LogP contribution in [0.1, 0.15) is 19.8 Å². The van der Waals surface area contributed by atoms with Crippen molar-refractivity contribution < 1.29 is 18.6 Å². The summed E-state index contributed by atoms with van der Waals surface area (Å²) in [5.41, 5.74) is 2.10. The van der Waals surface area contributed by atoms with Crippen LogP contribution >= 0.6 is 0 Å². The Morgan fingerprint density at radius 2 is 2.00 bits per heavy atom. The van der Waals surface area contributed by atoms with Gasteiger partial charge in [-0.3, -0.25) is 9.58 Å². The molecule has 0 spiro atoms. The maximum absolute atomic E-state index is 13.6. The number of alkyl halides is 2. The molecular formula is C23H27F2N3O2. The van der Waals surface area contributed by atoms with Crippen LogP contribution in [0.2, 0.25) is 0 Å². The lowest BCUT2D eigenvalue weighted by Gasteiger charge is -2.33. The Morgan fingerprint density at radius 1 is 1.20 bits per heavy atom. The van der Waals surface area contributed by atoms with Crippen molar-refractivity contribution in [2.24, 2.45) is 0 Å². The highest BCUT2D eigenvalue weighted by atomic mass is 19.3. The van der Waals surface area contributed by atoms with Gasteiger partial charge in [-0.2, -0.15) is 5.10 Å². The highest BCUT2D eigenvalue weighted by Gasteiger charge is 2.35. The number of fused-ring (bicyclic) bond motifs is 1. The molecule has 1 atom stereocenters. The molecule has 7 heteroatoms. The molecule has 1 aliphatic rings. The molecule has 2 heterocycles. The standard InChI is InChI=1S/C23H27F2N3O2/c1-2-28-13-17(12-26-28)19-8-9-22(21-7-4-3-6-20(19)21)30-15-18(29)14-27-11-5-10-23(24,25)16-27/h3-4,6-9,12-13,18,29H,2,5,10-11,14-16H2,1H3. The van der Waals surface area contributed by atoms with Crippen LogP contribution in [-0.2, 0) is 6.54 Å². The van der Waals surface area contributed by atoms with E-state index in [0.29, 0.717) is 18.7 Å². The largest absolute Gasteiger partial charge is 0.490 e. The number of β-amino-alcohol motifs (C(OH)–C–C–N with tert-alkyl or cyclic N) is 1. The zero-order chi connectivity index (χ0) is 21.1. The number of aliphatic hydroxyl groups is 1. The number of aliphatic hydroxyl groups excluding tert-OH is 1. The number of hydrogen-bond acceptors (Lipinski definition) is 4.